The second kappa shape index (κ2) is 5.64. The Morgan fingerprint density at radius 3 is 2.78 bits per heavy atom. The Kier molecular flexibility index (Phi) is 3.94. The van der Waals surface area contributed by atoms with Crippen molar-refractivity contribution in [1.82, 2.24) is 9.97 Å². The van der Waals surface area contributed by atoms with Gasteiger partial charge in [0.1, 0.15) is 5.82 Å². The number of hydrogen-bond donors (Lipinski definition) is 3. The summed E-state index contributed by atoms with van der Waals surface area (Å²) in [5.41, 5.74) is 0.899. The van der Waals surface area contributed by atoms with Crippen molar-refractivity contribution in [3.05, 3.63) is 24.3 Å². The zero-order chi connectivity index (χ0) is 13.0. The molecule has 1 atom stereocenters. The average molecular weight is 246 g/mol. The van der Waals surface area contributed by atoms with Crippen LogP contribution in [-0.4, -0.2) is 34.8 Å². The van der Waals surface area contributed by atoms with Gasteiger partial charge in [0.15, 0.2) is 0 Å². The molecular formula is C13H18N4O. The molecule has 0 saturated heterocycles. The number of fused-ring (bicyclic) bond motifs is 1. The largest absolute Gasteiger partial charge is 0.393 e. The zero-order valence-corrected chi connectivity index (χ0v) is 10.6. The van der Waals surface area contributed by atoms with Gasteiger partial charge in [-0.05, 0) is 25.5 Å². The third-order valence-corrected chi connectivity index (χ3v) is 2.68. The molecule has 2 aromatic rings. The summed E-state index contributed by atoms with van der Waals surface area (Å²) in [6.45, 7) is 2.46. The number of rotatable bonds is 5. The predicted molar refractivity (Wildman–Crippen MR) is 73.9 cm³/mol. The van der Waals surface area contributed by atoms with Crippen LogP contribution in [0.4, 0.5) is 11.8 Å². The van der Waals surface area contributed by atoms with E-state index in [-0.39, 0.29) is 6.10 Å². The van der Waals surface area contributed by atoms with Crippen LogP contribution >= 0.6 is 0 Å². The molecule has 0 aliphatic rings. The molecule has 1 aromatic heterocycles. The molecule has 1 heterocycles. The normalized spacial score (nSPS) is 12.4. The van der Waals surface area contributed by atoms with Crippen molar-refractivity contribution in [2.24, 2.45) is 0 Å². The van der Waals surface area contributed by atoms with Crippen molar-refractivity contribution in [3.63, 3.8) is 0 Å². The number of anilines is 2. The minimum Gasteiger partial charge on any atom is -0.393 e. The lowest BCUT2D eigenvalue weighted by Crippen LogP contribution is -2.11. The first kappa shape index (κ1) is 12.6. The van der Waals surface area contributed by atoms with Crippen molar-refractivity contribution >= 4 is 22.7 Å². The Labute approximate surface area is 106 Å². The van der Waals surface area contributed by atoms with Crippen LogP contribution in [-0.2, 0) is 0 Å². The number of aromatic nitrogens is 2. The second-order valence-electron chi connectivity index (χ2n) is 4.23. The van der Waals surface area contributed by atoms with E-state index in [1.54, 1.807) is 14.0 Å². The summed E-state index contributed by atoms with van der Waals surface area (Å²) in [5, 5.41) is 16.4. The van der Waals surface area contributed by atoms with E-state index >= 15 is 0 Å². The van der Waals surface area contributed by atoms with Crippen molar-refractivity contribution in [2.75, 3.05) is 24.2 Å². The first-order valence-electron chi connectivity index (χ1n) is 6.07. The van der Waals surface area contributed by atoms with E-state index in [0.717, 1.165) is 16.7 Å². The van der Waals surface area contributed by atoms with Crippen molar-refractivity contribution in [3.8, 4) is 0 Å². The lowest BCUT2D eigenvalue weighted by Gasteiger charge is -2.11. The number of para-hydroxylation sites is 1. The molecule has 5 heteroatoms. The van der Waals surface area contributed by atoms with Gasteiger partial charge >= 0.3 is 0 Å². The number of nitrogens with one attached hydrogen (secondary N) is 2. The van der Waals surface area contributed by atoms with Crippen LogP contribution in [0.25, 0.3) is 10.9 Å². The van der Waals surface area contributed by atoms with E-state index in [1.165, 1.54) is 0 Å². The summed E-state index contributed by atoms with van der Waals surface area (Å²) < 4.78 is 0. The minimum absolute atomic E-state index is 0.311. The van der Waals surface area contributed by atoms with Crippen LogP contribution in [0.1, 0.15) is 13.3 Å². The fourth-order valence-electron chi connectivity index (χ4n) is 1.72. The van der Waals surface area contributed by atoms with Gasteiger partial charge in [0, 0.05) is 19.0 Å². The second-order valence-corrected chi connectivity index (χ2v) is 4.23. The van der Waals surface area contributed by atoms with Crippen LogP contribution in [0.5, 0.6) is 0 Å². The predicted octanol–water partition coefficient (Wildman–Crippen LogP) is 1.85. The Bertz CT molecular complexity index is 527. The maximum absolute atomic E-state index is 9.26. The van der Waals surface area contributed by atoms with Crippen molar-refractivity contribution < 1.29 is 5.11 Å². The lowest BCUT2D eigenvalue weighted by atomic mass is 10.2. The minimum atomic E-state index is -0.311. The van der Waals surface area contributed by atoms with E-state index in [0.29, 0.717) is 18.9 Å². The average Bonchev–Trinajstić information content (AvgIpc) is 2.38. The summed E-state index contributed by atoms with van der Waals surface area (Å²) in [5.74, 6) is 1.39. The molecular weight excluding hydrogens is 228 g/mol. The fourth-order valence-corrected chi connectivity index (χ4v) is 1.72. The zero-order valence-electron chi connectivity index (χ0n) is 10.6. The Morgan fingerprint density at radius 2 is 2.06 bits per heavy atom. The highest BCUT2D eigenvalue weighted by atomic mass is 16.3. The van der Waals surface area contributed by atoms with Gasteiger partial charge in [0.25, 0.3) is 0 Å². The van der Waals surface area contributed by atoms with E-state index in [2.05, 4.69) is 20.6 Å². The summed E-state index contributed by atoms with van der Waals surface area (Å²) in [4.78, 5) is 8.79. The van der Waals surface area contributed by atoms with Gasteiger partial charge in [-0.2, -0.15) is 4.98 Å². The molecule has 0 radical (unpaired) electrons. The smallest absolute Gasteiger partial charge is 0.224 e. The first-order chi connectivity index (χ1) is 8.70. The highest BCUT2D eigenvalue weighted by molar-refractivity contribution is 5.89. The fraction of sp³-hybridized carbons (Fsp3) is 0.385. The molecule has 96 valence electrons. The van der Waals surface area contributed by atoms with Crippen LogP contribution in [0.2, 0.25) is 0 Å². The van der Waals surface area contributed by atoms with E-state index in [9.17, 15) is 5.11 Å². The van der Waals surface area contributed by atoms with E-state index < -0.39 is 0 Å². The summed E-state index contributed by atoms with van der Waals surface area (Å²) in [6, 6.07) is 7.86. The lowest BCUT2D eigenvalue weighted by molar-refractivity contribution is 0.188. The van der Waals surface area contributed by atoms with E-state index in [1.807, 2.05) is 24.3 Å². The first-order valence-corrected chi connectivity index (χ1v) is 6.07. The van der Waals surface area contributed by atoms with Gasteiger partial charge in [-0.25, -0.2) is 4.98 Å². The number of aliphatic hydroxyl groups is 1. The van der Waals surface area contributed by atoms with Crippen LogP contribution in [0, 0.1) is 0 Å². The standard InChI is InChI=1S/C13H18N4O/c1-9(18)7-8-15-12-10-5-3-4-6-11(10)16-13(14-2)17-12/h3-6,9,18H,7-8H2,1-2H3,(H2,14,15,16,17). The van der Waals surface area contributed by atoms with E-state index in [4.69, 9.17) is 0 Å². The van der Waals surface area contributed by atoms with Gasteiger partial charge in [-0.1, -0.05) is 12.1 Å². The molecule has 0 spiro atoms. The van der Waals surface area contributed by atoms with Gasteiger partial charge in [-0.3, -0.25) is 0 Å². The quantitative estimate of drug-likeness (QED) is 0.751. The third-order valence-electron chi connectivity index (χ3n) is 2.68. The molecule has 3 N–H and O–H groups in total. The number of benzene rings is 1. The molecule has 0 fully saturated rings. The molecule has 0 aliphatic heterocycles. The Balaban J connectivity index is 2.29. The third kappa shape index (κ3) is 2.87. The van der Waals surface area contributed by atoms with Gasteiger partial charge < -0.3 is 15.7 Å². The summed E-state index contributed by atoms with van der Waals surface area (Å²) >= 11 is 0. The van der Waals surface area contributed by atoms with Crippen LogP contribution < -0.4 is 10.6 Å². The number of nitrogens with zero attached hydrogens (tertiary/aromatic N) is 2. The molecule has 2 rings (SSSR count). The topological polar surface area (TPSA) is 70.1 Å². The van der Waals surface area contributed by atoms with Gasteiger partial charge in [0.2, 0.25) is 5.95 Å². The maximum atomic E-state index is 9.26. The van der Waals surface area contributed by atoms with Gasteiger partial charge in [0.05, 0.1) is 11.6 Å². The highest BCUT2D eigenvalue weighted by Crippen LogP contribution is 2.21. The van der Waals surface area contributed by atoms with Gasteiger partial charge in [-0.15, -0.1) is 0 Å². The molecule has 0 aliphatic carbocycles. The highest BCUT2D eigenvalue weighted by Gasteiger charge is 2.06. The molecule has 1 aromatic carbocycles. The van der Waals surface area contributed by atoms with Crippen molar-refractivity contribution in [2.45, 2.75) is 19.4 Å². The molecule has 5 nitrogen and oxygen atoms in total. The Hall–Kier alpha value is -1.88. The molecule has 0 bridgehead atoms. The molecule has 0 amide bonds. The SMILES string of the molecule is CNc1nc(NCCC(C)O)c2ccccc2n1. The molecule has 0 saturated carbocycles. The number of aliphatic hydroxyl groups excluding tert-OH is 1. The summed E-state index contributed by atoms with van der Waals surface area (Å²) in [7, 11) is 1.80. The van der Waals surface area contributed by atoms with Crippen LogP contribution in [0.15, 0.2) is 24.3 Å². The number of hydrogen-bond acceptors (Lipinski definition) is 5. The molecule has 1 unspecified atom stereocenters. The maximum Gasteiger partial charge on any atom is 0.224 e. The van der Waals surface area contributed by atoms with Crippen LogP contribution in [0.3, 0.4) is 0 Å². The van der Waals surface area contributed by atoms with Crippen molar-refractivity contribution in [1.29, 1.82) is 0 Å². The Morgan fingerprint density at radius 1 is 1.28 bits per heavy atom. The molecule has 18 heavy (non-hydrogen) atoms. The summed E-state index contributed by atoms with van der Waals surface area (Å²) in [6.07, 6.45) is 0.377. The monoisotopic (exact) mass is 246 g/mol.